The first-order chi connectivity index (χ1) is 20.6. The zero-order valence-electron chi connectivity index (χ0n) is 22.9. The van der Waals surface area contributed by atoms with E-state index in [0.29, 0.717) is 23.6 Å². The molecule has 4 aromatic rings. The van der Waals surface area contributed by atoms with E-state index in [-0.39, 0.29) is 17.7 Å². The van der Waals surface area contributed by atoms with Crippen LogP contribution in [0, 0.1) is 11.8 Å². The Morgan fingerprint density at radius 1 is 0.952 bits per heavy atom. The largest absolute Gasteiger partial charge is 0.494 e. The number of hydrazone groups is 1. The average Bonchev–Trinajstić information content (AvgIpc) is 3.31. The molecule has 3 aromatic carbocycles. The van der Waals surface area contributed by atoms with Crippen molar-refractivity contribution in [2.45, 2.75) is 24.7 Å². The highest BCUT2D eigenvalue weighted by molar-refractivity contribution is 6.25. The van der Waals surface area contributed by atoms with Crippen molar-refractivity contribution >= 4 is 29.6 Å². The minimum absolute atomic E-state index is 0.238. The van der Waals surface area contributed by atoms with E-state index in [1.807, 2.05) is 55.5 Å². The van der Waals surface area contributed by atoms with Crippen molar-refractivity contribution in [2.24, 2.45) is 16.9 Å². The topological polar surface area (TPSA) is 101 Å². The van der Waals surface area contributed by atoms with E-state index >= 15 is 0 Å². The lowest BCUT2D eigenvalue weighted by molar-refractivity contribution is -0.122. The summed E-state index contributed by atoms with van der Waals surface area (Å²) in [4.78, 5) is 46.9. The number of ether oxygens (including phenoxy) is 1. The van der Waals surface area contributed by atoms with Crippen LogP contribution < -0.4 is 15.1 Å². The summed E-state index contributed by atoms with van der Waals surface area (Å²) in [5.74, 6) is -1.90. The second-order valence-electron chi connectivity index (χ2n) is 10.8. The molecule has 0 radical (unpaired) electrons. The number of nitrogens with one attached hydrogen (secondary N) is 1. The van der Waals surface area contributed by atoms with Crippen molar-refractivity contribution in [3.05, 3.63) is 125 Å². The summed E-state index contributed by atoms with van der Waals surface area (Å²) >= 11 is 0. The Morgan fingerprint density at radius 2 is 1.64 bits per heavy atom. The molecule has 1 saturated heterocycles. The number of carbonyl (C=O) groups is 3. The van der Waals surface area contributed by atoms with Crippen LogP contribution in [0.4, 0.5) is 5.69 Å². The number of carbonyl (C=O) groups excluding carboxylic acids is 3. The van der Waals surface area contributed by atoms with Gasteiger partial charge in [-0.05, 0) is 65.1 Å². The molecule has 2 atom stereocenters. The van der Waals surface area contributed by atoms with Crippen LogP contribution in [0.15, 0.2) is 102 Å². The van der Waals surface area contributed by atoms with Gasteiger partial charge in [-0.2, -0.15) is 5.10 Å². The first-order valence-corrected chi connectivity index (χ1v) is 14.1. The van der Waals surface area contributed by atoms with Gasteiger partial charge in [-0.25, -0.2) is 10.3 Å². The first kappa shape index (κ1) is 25.8. The Morgan fingerprint density at radius 3 is 2.29 bits per heavy atom. The zero-order chi connectivity index (χ0) is 28.8. The summed E-state index contributed by atoms with van der Waals surface area (Å²) < 4.78 is 5.72. The summed E-state index contributed by atoms with van der Waals surface area (Å²) in [7, 11) is 0. The number of anilines is 1. The lowest BCUT2D eigenvalue weighted by Gasteiger charge is -2.52. The van der Waals surface area contributed by atoms with Gasteiger partial charge in [0.25, 0.3) is 5.91 Å². The van der Waals surface area contributed by atoms with Crippen molar-refractivity contribution in [2.75, 3.05) is 11.5 Å². The fraction of sp³-hybridized carbons (Fsp3) is 0.206. The van der Waals surface area contributed by atoms with Crippen LogP contribution in [-0.4, -0.2) is 35.5 Å². The molecule has 2 bridgehead atoms. The monoisotopic (exact) mass is 556 g/mol. The Hall–Kier alpha value is -5.11. The minimum Gasteiger partial charge on any atom is -0.494 e. The van der Waals surface area contributed by atoms with E-state index in [0.717, 1.165) is 28.7 Å². The maximum Gasteiger partial charge on any atom is 0.272 e. The summed E-state index contributed by atoms with van der Waals surface area (Å²) in [6.07, 6.45) is 5.59. The van der Waals surface area contributed by atoms with Crippen LogP contribution in [0.3, 0.4) is 0 Å². The van der Waals surface area contributed by atoms with E-state index in [9.17, 15) is 14.4 Å². The average molecular weight is 557 g/mol. The van der Waals surface area contributed by atoms with Crippen molar-refractivity contribution in [1.82, 2.24) is 10.4 Å². The molecule has 1 N–H and O–H groups in total. The molecular formula is C34H28N4O4. The van der Waals surface area contributed by atoms with E-state index in [4.69, 9.17) is 4.74 Å². The molecular weight excluding hydrogens is 528 g/mol. The SMILES string of the molecule is CCCOc1ccc(N2C(=O)[C@@H]3C4c5ccccc5C(/C=N\NC(=O)c5cccnc5)(c5ccccc54)[C@@H]3C2=O)cc1. The first-order valence-electron chi connectivity index (χ1n) is 14.1. The van der Waals surface area contributed by atoms with Gasteiger partial charge in [-0.1, -0.05) is 55.5 Å². The Bertz CT molecular complexity index is 1690. The molecule has 208 valence electrons. The summed E-state index contributed by atoms with van der Waals surface area (Å²) in [6.45, 7) is 2.62. The molecule has 0 unspecified atom stereocenters. The van der Waals surface area contributed by atoms with Crippen LogP contribution in [0.25, 0.3) is 0 Å². The fourth-order valence-corrected chi connectivity index (χ4v) is 6.97. The molecule has 8 rings (SSSR count). The van der Waals surface area contributed by atoms with Gasteiger partial charge in [0.2, 0.25) is 11.8 Å². The highest BCUT2D eigenvalue weighted by Crippen LogP contribution is 2.63. The number of amides is 3. The van der Waals surface area contributed by atoms with Crippen LogP contribution in [-0.2, 0) is 15.0 Å². The van der Waals surface area contributed by atoms with Crippen molar-refractivity contribution < 1.29 is 19.1 Å². The van der Waals surface area contributed by atoms with Crippen LogP contribution in [0.5, 0.6) is 5.75 Å². The third-order valence-corrected chi connectivity index (χ3v) is 8.61. The maximum absolute atomic E-state index is 14.5. The Kier molecular flexibility index (Phi) is 6.19. The van der Waals surface area contributed by atoms with Crippen molar-refractivity contribution in [1.29, 1.82) is 0 Å². The number of benzene rings is 3. The molecule has 1 aromatic heterocycles. The number of aromatic nitrogens is 1. The number of pyridine rings is 1. The van der Waals surface area contributed by atoms with E-state index in [1.165, 1.54) is 11.1 Å². The summed E-state index contributed by atoms with van der Waals surface area (Å²) in [6, 6.07) is 26.3. The second-order valence-corrected chi connectivity index (χ2v) is 10.8. The Balaban J connectivity index is 1.35. The molecule has 0 saturated carbocycles. The molecule has 42 heavy (non-hydrogen) atoms. The highest BCUT2D eigenvalue weighted by Gasteiger charge is 2.68. The highest BCUT2D eigenvalue weighted by atomic mass is 16.5. The summed E-state index contributed by atoms with van der Waals surface area (Å²) in [5, 5.41) is 4.44. The molecule has 8 heteroatoms. The third kappa shape index (κ3) is 3.71. The molecule has 2 heterocycles. The van der Waals surface area contributed by atoms with Gasteiger partial charge in [-0.15, -0.1) is 0 Å². The molecule has 3 aliphatic carbocycles. The van der Waals surface area contributed by atoms with Gasteiger partial charge in [-0.3, -0.25) is 19.4 Å². The molecule has 1 aliphatic heterocycles. The number of rotatable bonds is 7. The molecule has 0 spiro atoms. The molecule has 8 nitrogen and oxygen atoms in total. The van der Waals surface area contributed by atoms with Gasteiger partial charge < -0.3 is 4.74 Å². The van der Waals surface area contributed by atoms with Gasteiger partial charge >= 0.3 is 0 Å². The van der Waals surface area contributed by atoms with Crippen molar-refractivity contribution in [3.63, 3.8) is 0 Å². The fourth-order valence-electron chi connectivity index (χ4n) is 6.97. The van der Waals surface area contributed by atoms with Crippen LogP contribution >= 0.6 is 0 Å². The standard InChI is InChI=1S/C34H28N4O4/c1-2-18-42-23-15-13-22(14-16-23)38-32(40)29-28-24-9-3-5-11-26(24)34(30(29)33(38)41,27-12-6-4-10-25(27)28)20-36-37-31(39)21-8-7-17-35-19-21/h3-17,19-20,28-30H,2,18H2,1H3,(H,37,39)/b36-20-/t28?,29-,30+,34?/m1/s1. The Labute approximate surface area is 243 Å². The van der Waals surface area contributed by atoms with Gasteiger partial charge in [0.1, 0.15) is 5.75 Å². The van der Waals surface area contributed by atoms with Crippen LogP contribution in [0.1, 0.15) is 51.9 Å². The zero-order valence-corrected chi connectivity index (χ0v) is 22.9. The molecule has 4 aliphatic rings. The normalized spacial score (nSPS) is 23.5. The van der Waals surface area contributed by atoms with E-state index < -0.39 is 23.2 Å². The van der Waals surface area contributed by atoms with Gasteiger partial charge in [0.15, 0.2) is 0 Å². The predicted molar refractivity (Wildman–Crippen MR) is 157 cm³/mol. The number of imide groups is 1. The van der Waals surface area contributed by atoms with Gasteiger partial charge in [0.05, 0.1) is 35.1 Å². The molecule has 1 fully saturated rings. The third-order valence-electron chi connectivity index (χ3n) is 8.61. The van der Waals surface area contributed by atoms with E-state index in [1.54, 1.807) is 48.8 Å². The lowest BCUT2D eigenvalue weighted by Crippen LogP contribution is -2.54. The summed E-state index contributed by atoms with van der Waals surface area (Å²) in [5.41, 5.74) is 6.25. The van der Waals surface area contributed by atoms with Crippen LogP contribution in [0.2, 0.25) is 0 Å². The lowest BCUT2D eigenvalue weighted by atomic mass is 9.47. The second kappa shape index (κ2) is 10.1. The minimum atomic E-state index is -1.07. The van der Waals surface area contributed by atoms with Crippen molar-refractivity contribution in [3.8, 4) is 5.75 Å². The number of hydrogen-bond acceptors (Lipinski definition) is 6. The predicted octanol–water partition coefficient (Wildman–Crippen LogP) is 4.84. The number of nitrogens with zero attached hydrogens (tertiary/aromatic N) is 3. The molecule has 3 amide bonds. The smallest absolute Gasteiger partial charge is 0.272 e. The van der Waals surface area contributed by atoms with Gasteiger partial charge in [0, 0.05) is 24.5 Å². The number of hydrogen-bond donors (Lipinski definition) is 1. The maximum atomic E-state index is 14.5. The quantitative estimate of drug-likeness (QED) is 0.200. The van der Waals surface area contributed by atoms with E-state index in [2.05, 4.69) is 15.5 Å².